The third-order valence-electron chi connectivity index (χ3n) is 3.69. The Morgan fingerprint density at radius 2 is 2.00 bits per heavy atom. The predicted octanol–water partition coefficient (Wildman–Crippen LogP) is 2.38. The molecule has 0 aromatic carbocycles. The molecule has 0 spiro atoms. The van der Waals surface area contributed by atoms with Crippen LogP contribution in [0.3, 0.4) is 0 Å². The lowest BCUT2D eigenvalue weighted by atomic mass is 9.86. The molecule has 2 rings (SSSR count). The Bertz CT molecular complexity index is 521. The van der Waals surface area contributed by atoms with Gasteiger partial charge in [0.2, 0.25) is 0 Å². The highest BCUT2D eigenvalue weighted by Crippen LogP contribution is 2.23. The Morgan fingerprint density at radius 1 is 1.25 bits per heavy atom. The molecule has 0 amide bonds. The van der Waals surface area contributed by atoms with Gasteiger partial charge < -0.3 is 14.5 Å². The molecule has 0 aliphatic carbocycles. The number of imidazole rings is 2. The largest absolute Gasteiger partial charge is 0.337 e. The predicted molar refractivity (Wildman–Crippen MR) is 80.2 cm³/mol. The van der Waals surface area contributed by atoms with Gasteiger partial charge >= 0.3 is 0 Å². The zero-order valence-electron chi connectivity index (χ0n) is 13.0. The Labute approximate surface area is 121 Å². The van der Waals surface area contributed by atoms with E-state index in [0.29, 0.717) is 6.04 Å². The lowest BCUT2D eigenvalue weighted by molar-refractivity contribution is 0.222. The van der Waals surface area contributed by atoms with Crippen LogP contribution in [0.2, 0.25) is 0 Å². The second-order valence-electron chi connectivity index (χ2n) is 6.46. The van der Waals surface area contributed by atoms with Crippen molar-refractivity contribution in [3.05, 3.63) is 36.9 Å². The first kappa shape index (κ1) is 14.8. The van der Waals surface area contributed by atoms with Gasteiger partial charge in [-0.1, -0.05) is 20.8 Å². The van der Waals surface area contributed by atoms with Crippen molar-refractivity contribution in [1.82, 2.24) is 24.4 Å². The number of hydrogen-bond acceptors (Lipinski definition) is 3. The van der Waals surface area contributed by atoms with E-state index in [1.807, 2.05) is 38.2 Å². The van der Waals surface area contributed by atoms with Crippen LogP contribution in [-0.4, -0.2) is 25.1 Å². The summed E-state index contributed by atoms with van der Waals surface area (Å²) in [7, 11) is 2.03. The fourth-order valence-corrected chi connectivity index (χ4v) is 2.35. The zero-order chi connectivity index (χ0) is 14.8. The van der Waals surface area contributed by atoms with E-state index in [-0.39, 0.29) is 11.5 Å². The highest BCUT2D eigenvalue weighted by Gasteiger charge is 2.27. The Morgan fingerprint density at radius 3 is 2.50 bits per heavy atom. The minimum atomic E-state index is 0.156. The molecule has 0 radical (unpaired) electrons. The van der Waals surface area contributed by atoms with Crippen LogP contribution in [0.4, 0.5) is 0 Å². The van der Waals surface area contributed by atoms with E-state index in [1.54, 1.807) is 0 Å². The summed E-state index contributed by atoms with van der Waals surface area (Å²) < 4.78 is 4.18. The summed E-state index contributed by atoms with van der Waals surface area (Å²) >= 11 is 0. The minimum Gasteiger partial charge on any atom is -0.337 e. The van der Waals surface area contributed by atoms with Crippen LogP contribution in [0, 0.1) is 5.41 Å². The quantitative estimate of drug-likeness (QED) is 0.911. The van der Waals surface area contributed by atoms with Gasteiger partial charge in [-0.05, 0) is 12.3 Å². The van der Waals surface area contributed by atoms with Crippen molar-refractivity contribution in [2.45, 2.75) is 46.3 Å². The van der Waals surface area contributed by atoms with E-state index in [1.165, 1.54) is 0 Å². The third-order valence-corrected chi connectivity index (χ3v) is 3.69. The van der Waals surface area contributed by atoms with Crippen LogP contribution in [0.1, 0.15) is 39.6 Å². The Balaban J connectivity index is 2.10. The normalized spacial score (nSPS) is 15.2. The molecule has 5 heteroatoms. The number of aromatic nitrogens is 4. The topological polar surface area (TPSA) is 47.7 Å². The van der Waals surface area contributed by atoms with Gasteiger partial charge in [0.05, 0.1) is 12.4 Å². The molecule has 2 unspecified atom stereocenters. The van der Waals surface area contributed by atoms with Gasteiger partial charge in [0.1, 0.15) is 5.82 Å². The maximum absolute atomic E-state index is 4.43. The van der Waals surface area contributed by atoms with Crippen molar-refractivity contribution in [2.24, 2.45) is 12.5 Å². The molecule has 20 heavy (non-hydrogen) atoms. The number of rotatable bonds is 5. The second-order valence-corrected chi connectivity index (χ2v) is 6.46. The van der Waals surface area contributed by atoms with Gasteiger partial charge in [-0.2, -0.15) is 0 Å². The standard InChI is InChI=1S/C15H25N5/c1-12(14-17-7-8-19(14)5)18-13(15(2,3)4)10-20-9-6-16-11-20/h6-9,11-13,18H,10H2,1-5H3. The van der Waals surface area contributed by atoms with Crippen molar-refractivity contribution in [1.29, 1.82) is 0 Å². The molecule has 5 nitrogen and oxygen atoms in total. The van der Waals surface area contributed by atoms with Crippen molar-refractivity contribution in [3.8, 4) is 0 Å². The summed E-state index contributed by atoms with van der Waals surface area (Å²) in [5.41, 5.74) is 0.156. The van der Waals surface area contributed by atoms with Crippen molar-refractivity contribution in [2.75, 3.05) is 0 Å². The zero-order valence-corrected chi connectivity index (χ0v) is 13.0. The molecule has 2 heterocycles. The fraction of sp³-hybridized carbons (Fsp3) is 0.600. The molecule has 1 N–H and O–H groups in total. The van der Waals surface area contributed by atoms with Crippen LogP contribution >= 0.6 is 0 Å². The van der Waals surface area contributed by atoms with Gasteiger partial charge in [0.15, 0.2) is 0 Å². The molecular formula is C15H25N5. The second kappa shape index (κ2) is 5.79. The van der Waals surface area contributed by atoms with E-state index in [4.69, 9.17) is 0 Å². The number of aryl methyl sites for hydroxylation is 1. The highest BCUT2D eigenvalue weighted by molar-refractivity contribution is 4.99. The average molecular weight is 275 g/mol. The average Bonchev–Trinajstić information content (AvgIpc) is 2.98. The Kier molecular flexibility index (Phi) is 4.28. The van der Waals surface area contributed by atoms with Crippen molar-refractivity contribution in [3.63, 3.8) is 0 Å². The van der Waals surface area contributed by atoms with Crippen LogP contribution < -0.4 is 5.32 Å². The first-order valence-corrected chi connectivity index (χ1v) is 7.07. The summed E-state index contributed by atoms with van der Waals surface area (Å²) in [4.78, 5) is 8.55. The molecule has 0 saturated carbocycles. The number of nitrogens with one attached hydrogen (secondary N) is 1. The first-order valence-electron chi connectivity index (χ1n) is 7.07. The summed E-state index contributed by atoms with van der Waals surface area (Å²) in [6.45, 7) is 9.83. The molecule has 0 saturated heterocycles. The van der Waals surface area contributed by atoms with Crippen LogP contribution in [0.5, 0.6) is 0 Å². The molecule has 2 aromatic heterocycles. The molecule has 2 aromatic rings. The molecule has 0 aliphatic heterocycles. The summed E-state index contributed by atoms with van der Waals surface area (Å²) in [6, 6.07) is 0.547. The number of hydrogen-bond donors (Lipinski definition) is 1. The van der Waals surface area contributed by atoms with Crippen LogP contribution in [0.15, 0.2) is 31.1 Å². The van der Waals surface area contributed by atoms with Crippen LogP contribution in [-0.2, 0) is 13.6 Å². The smallest absolute Gasteiger partial charge is 0.125 e. The molecule has 0 bridgehead atoms. The van der Waals surface area contributed by atoms with Crippen LogP contribution in [0.25, 0.3) is 0 Å². The van der Waals surface area contributed by atoms with Gasteiger partial charge in [-0.15, -0.1) is 0 Å². The molecule has 110 valence electrons. The van der Waals surface area contributed by atoms with E-state index in [2.05, 4.69) is 52.1 Å². The number of nitrogens with zero attached hydrogens (tertiary/aromatic N) is 4. The SMILES string of the molecule is CC(NC(Cn1ccnc1)C(C)(C)C)c1nccn1C. The van der Waals surface area contributed by atoms with E-state index in [0.717, 1.165) is 12.4 Å². The first-order chi connectivity index (χ1) is 9.38. The summed E-state index contributed by atoms with van der Waals surface area (Å²) in [5.74, 6) is 1.06. The summed E-state index contributed by atoms with van der Waals surface area (Å²) in [6.07, 6.45) is 9.52. The maximum atomic E-state index is 4.43. The lowest BCUT2D eigenvalue weighted by Crippen LogP contribution is -2.44. The minimum absolute atomic E-state index is 0.156. The van der Waals surface area contributed by atoms with E-state index < -0.39 is 0 Å². The van der Waals surface area contributed by atoms with Crippen molar-refractivity contribution < 1.29 is 0 Å². The lowest BCUT2D eigenvalue weighted by Gasteiger charge is -2.34. The molecular weight excluding hydrogens is 250 g/mol. The highest BCUT2D eigenvalue weighted by atomic mass is 15.1. The fourth-order valence-electron chi connectivity index (χ4n) is 2.35. The van der Waals surface area contributed by atoms with Crippen molar-refractivity contribution >= 4 is 0 Å². The maximum Gasteiger partial charge on any atom is 0.125 e. The molecule has 0 fully saturated rings. The van der Waals surface area contributed by atoms with Gasteiger partial charge in [-0.25, -0.2) is 9.97 Å². The van der Waals surface area contributed by atoms with Gasteiger partial charge in [-0.3, -0.25) is 0 Å². The third kappa shape index (κ3) is 3.48. The van der Waals surface area contributed by atoms with E-state index in [9.17, 15) is 0 Å². The monoisotopic (exact) mass is 275 g/mol. The van der Waals surface area contributed by atoms with Gasteiger partial charge in [0, 0.05) is 44.4 Å². The molecule has 0 aliphatic rings. The summed E-state index contributed by atoms with van der Waals surface area (Å²) in [5, 5.41) is 3.71. The van der Waals surface area contributed by atoms with E-state index >= 15 is 0 Å². The Hall–Kier alpha value is -1.62. The van der Waals surface area contributed by atoms with Gasteiger partial charge in [0.25, 0.3) is 0 Å². The molecule has 2 atom stereocenters.